The fourth-order valence-electron chi connectivity index (χ4n) is 2.51. The van der Waals surface area contributed by atoms with Crippen molar-refractivity contribution in [3.05, 3.63) is 39.0 Å². The van der Waals surface area contributed by atoms with Gasteiger partial charge in [0.15, 0.2) is 5.15 Å². The van der Waals surface area contributed by atoms with Gasteiger partial charge in [-0.3, -0.25) is 0 Å². The number of hydrogen-bond acceptors (Lipinski definition) is 5. The average molecular weight is 384 g/mol. The zero-order chi connectivity index (χ0) is 15.7. The van der Waals surface area contributed by atoms with Crippen LogP contribution in [-0.4, -0.2) is 16.6 Å². The van der Waals surface area contributed by atoms with Crippen molar-refractivity contribution in [2.45, 2.75) is 25.8 Å². The van der Waals surface area contributed by atoms with Gasteiger partial charge >= 0.3 is 0 Å². The Bertz CT molecular complexity index is 710. The standard InChI is InChI=1S/C15H16BrClN4O/c1-2-8-3-4-11-9(7-8)10(5-6-22-11)19-14-12(16)13(17)20-15(18)21-14/h3-4,7,10H,2,5-6H2,1H3,(H3,18,19,20,21)/t10-/m0/s1. The summed E-state index contributed by atoms with van der Waals surface area (Å²) in [7, 11) is 0. The molecule has 0 spiro atoms. The third kappa shape index (κ3) is 2.98. The fourth-order valence-corrected chi connectivity index (χ4v) is 2.98. The first-order valence-electron chi connectivity index (χ1n) is 7.09. The van der Waals surface area contributed by atoms with Crippen LogP contribution in [0.15, 0.2) is 22.7 Å². The van der Waals surface area contributed by atoms with Gasteiger partial charge in [0.05, 0.1) is 17.1 Å². The van der Waals surface area contributed by atoms with Crippen LogP contribution in [0.3, 0.4) is 0 Å². The molecule has 3 rings (SSSR count). The molecule has 116 valence electrons. The van der Waals surface area contributed by atoms with Gasteiger partial charge in [0.1, 0.15) is 11.6 Å². The predicted molar refractivity (Wildman–Crippen MR) is 91.5 cm³/mol. The fraction of sp³-hybridized carbons (Fsp3) is 0.333. The summed E-state index contributed by atoms with van der Waals surface area (Å²) < 4.78 is 6.35. The van der Waals surface area contributed by atoms with Crippen molar-refractivity contribution in [2.24, 2.45) is 0 Å². The number of nitrogens with one attached hydrogen (secondary N) is 1. The Labute approximate surface area is 142 Å². The molecule has 5 nitrogen and oxygen atoms in total. The Hall–Kier alpha value is -1.53. The number of nitrogen functional groups attached to an aromatic ring is 1. The number of benzene rings is 1. The lowest BCUT2D eigenvalue weighted by atomic mass is 9.97. The Kier molecular flexibility index (Phi) is 4.40. The summed E-state index contributed by atoms with van der Waals surface area (Å²) >= 11 is 9.45. The summed E-state index contributed by atoms with van der Waals surface area (Å²) in [5, 5.41) is 3.69. The molecule has 2 aromatic rings. The van der Waals surface area contributed by atoms with Crippen LogP contribution in [0.25, 0.3) is 0 Å². The lowest BCUT2D eigenvalue weighted by molar-refractivity contribution is 0.274. The molecular formula is C15H16BrClN4O. The molecule has 1 atom stereocenters. The highest BCUT2D eigenvalue weighted by molar-refractivity contribution is 9.10. The normalized spacial score (nSPS) is 16.8. The van der Waals surface area contributed by atoms with Crippen molar-refractivity contribution >= 4 is 39.3 Å². The van der Waals surface area contributed by atoms with Crippen LogP contribution < -0.4 is 15.8 Å². The number of fused-ring (bicyclic) bond motifs is 1. The van der Waals surface area contributed by atoms with Crippen molar-refractivity contribution in [3.63, 3.8) is 0 Å². The van der Waals surface area contributed by atoms with E-state index in [0.717, 1.165) is 24.2 Å². The molecule has 0 bridgehead atoms. The van der Waals surface area contributed by atoms with Crippen molar-refractivity contribution < 1.29 is 4.74 Å². The maximum absolute atomic E-state index is 6.04. The van der Waals surface area contributed by atoms with Crippen molar-refractivity contribution in [2.75, 3.05) is 17.7 Å². The smallest absolute Gasteiger partial charge is 0.223 e. The number of nitrogens with zero attached hydrogens (tertiary/aromatic N) is 2. The summed E-state index contributed by atoms with van der Waals surface area (Å²) in [6.07, 6.45) is 1.82. The lowest BCUT2D eigenvalue weighted by Gasteiger charge is -2.28. The Balaban J connectivity index is 1.95. The second-order valence-corrected chi connectivity index (χ2v) is 6.25. The molecule has 1 aromatic heterocycles. The van der Waals surface area contributed by atoms with Crippen LogP contribution in [-0.2, 0) is 6.42 Å². The molecule has 0 fully saturated rings. The summed E-state index contributed by atoms with van der Waals surface area (Å²) in [4.78, 5) is 8.15. The zero-order valence-electron chi connectivity index (χ0n) is 12.1. The first-order chi connectivity index (χ1) is 10.6. The van der Waals surface area contributed by atoms with Crippen LogP contribution in [0.4, 0.5) is 11.8 Å². The van der Waals surface area contributed by atoms with E-state index in [1.807, 2.05) is 6.07 Å². The summed E-state index contributed by atoms with van der Waals surface area (Å²) in [6, 6.07) is 6.39. The number of hydrogen-bond donors (Lipinski definition) is 2. The highest BCUT2D eigenvalue weighted by Gasteiger charge is 2.23. The van der Waals surface area contributed by atoms with Crippen LogP contribution in [0.2, 0.25) is 5.15 Å². The van der Waals surface area contributed by atoms with Gasteiger partial charge in [-0.2, -0.15) is 9.97 Å². The van der Waals surface area contributed by atoms with Gasteiger partial charge in [-0.15, -0.1) is 0 Å². The quantitative estimate of drug-likeness (QED) is 0.785. The van der Waals surface area contributed by atoms with Crippen LogP contribution >= 0.6 is 27.5 Å². The number of aryl methyl sites for hydroxylation is 1. The maximum atomic E-state index is 6.04. The summed E-state index contributed by atoms with van der Waals surface area (Å²) in [5.74, 6) is 1.65. The van der Waals surface area contributed by atoms with Gasteiger partial charge in [0.2, 0.25) is 5.95 Å². The van der Waals surface area contributed by atoms with Gasteiger partial charge in [-0.05, 0) is 34.0 Å². The van der Waals surface area contributed by atoms with Crippen LogP contribution in [0.5, 0.6) is 5.75 Å². The SMILES string of the molecule is CCc1ccc2c(c1)[C@@H](Nc1nc(N)nc(Cl)c1Br)CCO2. The second-order valence-electron chi connectivity index (χ2n) is 5.09. The van der Waals surface area contributed by atoms with E-state index in [9.17, 15) is 0 Å². The Morgan fingerprint density at radius 2 is 2.27 bits per heavy atom. The number of nitrogens with two attached hydrogens (primary N) is 1. The van der Waals surface area contributed by atoms with E-state index in [2.05, 4.69) is 50.3 Å². The number of rotatable bonds is 3. The molecule has 2 heterocycles. The van der Waals surface area contributed by atoms with E-state index in [4.69, 9.17) is 22.1 Å². The average Bonchev–Trinajstić information content (AvgIpc) is 2.52. The molecule has 0 saturated heterocycles. The molecule has 1 aliphatic heterocycles. The van der Waals surface area contributed by atoms with Gasteiger partial charge < -0.3 is 15.8 Å². The van der Waals surface area contributed by atoms with Gasteiger partial charge in [-0.1, -0.05) is 30.7 Å². The highest BCUT2D eigenvalue weighted by atomic mass is 79.9. The third-order valence-corrected chi connectivity index (χ3v) is 4.91. The Morgan fingerprint density at radius 3 is 3.05 bits per heavy atom. The first kappa shape index (κ1) is 15.4. The Morgan fingerprint density at radius 1 is 1.45 bits per heavy atom. The largest absolute Gasteiger partial charge is 0.493 e. The van der Waals surface area contributed by atoms with E-state index in [1.54, 1.807) is 0 Å². The first-order valence-corrected chi connectivity index (χ1v) is 8.26. The van der Waals surface area contributed by atoms with E-state index in [0.29, 0.717) is 22.1 Å². The van der Waals surface area contributed by atoms with Crippen LogP contribution in [0.1, 0.15) is 30.5 Å². The van der Waals surface area contributed by atoms with E-state index >= 15 is 0 Å². The van der Waals surface area contributed by atoms with Gasteiger partial charge in [0.25, 0.3) is 0 Å². The molecular weight excluding hydrogens is 368 g/mol. The zero-order valence-corrected chi connectivity index (χ0v) is 14.4. The molecule has 0 aliphatic carbocycles. The predicted octanol–water partition coefficient (Wildman–Crippen LogP) is 3.97. The molecule has 0 amide bonds. The van der Waals surface area contributed by atoms with E-state index < -0.39 is 0 Å². The van der Waals surface area contributed by atoms with Crippen LogP contribution in [0, 0.1) is 0 Å². The third-order valence-electron chi connectivity index (χ3n) is 3.66. The lowest BCUT2D eigenvalue weighted by Crippen LogP contribution is -2.21. The molecule has 1 aliphatic rings. The van der Waals surface area contributed by atoms with Gasteiger partial charge in [-0.25, -0.2) is 0 Å². The van der Waals surface area contributed by atoms with E-state index in [-0.39, 0.29) is 12.0 Å². The topological polar surface area (TPSA) is 73.1 Å². The number of aromatic nitrogens is 2. The summed E-state index contributed by atoms with van der Waals surface area (Å²) in [5.41, 5.74) is 8.09. The molecule has 7 heteroatoms. The van der Waals surface area contributed by atoms with Crippen molar-refractivity contribution in [1.29, 1.82) is 0 Å². The number of ether oxygens (including phenoxy) is 1. The maximum Gasteiger partial charge on any atom is 0.223 e. The van der Waals surface area contributed by atoms with Crippen molar-refractivity contribution in [1.82, 2.24) is 9.97 Å². The monoisotopic (exact) mass is 382 g/mol. The van der Waals surface area contributed by atoms with E-state index in [1.165, 1.54) is 5.56 Å². The minimum Gasteiger partial charge on any atom is -0.493 e. The molecule has 0 radical (unpaired) electrons. The second kappa shape index (κ2) is 6.30. The number of anilines is 2. The molecule has 22 heavy (non-hydrogen) atoms. The molecule has 0 unspecified atom stereocenters. The minimum absolute atomic E-state index is 0.0944. The molecule has 3 N–H and O–H groups in total. The summed E-state index contributed by atoms with van der Waals surface area (Å²) in [6.45, 7) is 2.79. The number of halogens is 2. The minimum atomic E-state index is 0.0944. The highest BCUT2D eigenvalue weighted by Crippen LogP contribution is 2.37. The molecule has 0 saturated carbocycles. The molecule has 1 aromatic carbocycles. The van der Waals surface area contributed by atoms with Gasteiger partial charge in [0, 0.05) is 12.0 Å². The van der Waals surface area contributed by atoms with Crippen molar-refractivity contribution in [3.8, 4) is 5.75 Å².